The summed E-state index contributed by atoms with van der Waals surface area (Å²) in [6.45, 7) is 5.22. The average molecular weight is 290 g/mol. The summed E-state index contributed by atoms with van der Waals surface area (Å²) in [5.74, 6) is 0. The van der Waals surface area contributed by atoms with E-state index in [0.29, 0.717) is 5.02 Å². The summed E-state index contributed by atoms with van der Waals surface area (Å²) in [6, 6.07) is 6.21. The number of nitrogens with one attached hydrogen (secondary N) is 1. The van der Waals surface area contributed by atoms with Gasteiger partial charge < -0.3 is 5.32 Å². The Morgan fingerprint density at radius 2 is 2.15 bits per heavy atom. The molecule has 1 unspecified atom stereocenters. The number of aromatic nitrogens is 2. The van der Waals surface area contributed by atoms with Crippen LogP contribution in [-0.4, -0.2) is 16.5 Å². The lowest BCUT2D eigenvalue weighted by Crippen LogP contribution is -2.25. The molecule has 2 aromatic heterocycles. The Balaban J connectivity index is 2.24. The van der Waals surface area contributed by atoms with E-state index >= 15 is 0 Å². The van der Waals surface area contributed by atoms with Crippen LogP contribution in [0.15, 0.2) is 36.8 Å². The molecule has 20 heavy (non-hydrogen) atoms. The molecule has 2 aromatic rings. The molecule has 0 aromatic carbocycles. The van der Waals surface area contributed by atoms with E-state index in [1.165, 1.54) is 5.56 Å². The maximum absolute atomic E-state index is 6.22. The summed E-state index contributed by atoms with van der Waals surface area (Å²) in [5.41, 5.74) is 3.39. The molecule has 0 aliphatic carbocycles. The number of halogens is 1. The first-order valence-corrected chi connectivity index (χ1v) is 7.33. The Hall–Kier alpha value is -1.45. The molecule has 0 saturated carbocycles. The van der Waals surface area contributed by atoms with Crippen molar-refractivity contribution in [1.29, 1.82) is 0 Å². The first kappa shape index (κ1) is 14.9. The van der Waals surface area contributed by atoms with E-state index in [-0.39, 0.29) is 6.04 Å². The summed E-state index contributed by atoms with van der Waals surface area (Å²) in [7, 11) is 0. The highest BCUT2D eigenvalue weighted by molar-refractivity contribution is 6.31. The number of hydrogen-bond acceptors (Lipinski definition) is 3. The SMILES string of the molecule is CCCNC(Cc1ccncc1Cl)c1ncccc1C. The number of hydrogen-bond donors (Lipinski definition) is 1. The number of rotatable bonds is 6. The van der Waals surface area contributed by atoms with Crippen LogP contribution < -0.4 is 5.32 Å². The fourth-order valence-electron chi connectivity index (χ4n) is 2.24. The third-order valence-corrected chi connectivity index (χ3v) is 3.64. The monoisotopic (exact) mass is 289 g/mol. The minimum atomic E-state index is 0.177. The molecule has 0 bridgehead atoms. The van der Waals surface area contributed by atoms with Gasteiger partial charge in [-0.1, -0.05) is 24.6 Å². The van der Waals surface area contributed by atoms with Crippen molar-refractivity contribution < 1.29 is 0 Å². The van der Waals surface area contributed by atoms with Gasteiger partial charge in [-0.2, -0.15) is 0 Å². The molecule has 0 spiro atoms. The van der Waals surface area contributed by atoms with Gasteiger partial charge >= 0.3 is 0 Å². The highest BCUT2D eigenvalue weighted by Gasteiger charge is 2.16. The molecule has 3 nitrogen and oxygen atoms in total. The zero-order valence-electron chi connectivity index (χ0n) is 11.9. The van der Waals surface area contributed by atoms with E-state index in [1.54, 1.807) is 12.4 Å². The number of pyridine rings is 2. The van der Waals surface area contributed by atoms with Crippen LogP contribution in [0.3, 0.4) is 0 Å². The summed E-state index contributed by atoms with van der Waals surface area (Å²) >= 11 is 6.22. The Bertz CT molecular complexity index is 557. The average Bonchev–Trinajstić information content (AvgIpc) is 2.46. The molecule has 2 heterocycles. The third kappa shape index (κ3) is 3.78. The van der Waals surface area contributed by atoms with Gasteiger partial charge in [0.05, 0.1) is 16.8 Å². The molecule has 0 fully saturated rings. The zero-order chi connectivity index (χ0) is 14.4. The maximum atomic E-state index is 6.22. The molecular formula is C16H20ClN3. The van der Waals surface area contributed by atoms with E-state index in [9.17, 15) is 0 Å². The lowest BCUT2D eigenvalue weighted by Gasteiger charge is -2.20. The van der Waals surface area contributed by atoms with Crippen molar-refractivity contribution in [1.82, 2.24) is 15.3 Å². The topological polar surface area (TPSA) is 37.8 Å². The van der Waals surface area contributed by atoms with Gasteiger partial charge in [-0.15, -0.1) is 0 Å². The summed E-state index contributed by atoms with van der Waals surface area (Å²) in [5, 5.41) is 4.27. The number of nitrogens with zero attached hydrogens (tertiary/aromatic N) is 2. The minimum absolute atomic E-state index is 0.177. The van der Waals surface area contributed by atoms with E-state index in [4.69, 9.17) is 11.6 Å². The molecular weight excluding hydrogens is 270 g/mol. The maximum Gasteiger partial charge on any atom is 0.0622 e. The van der Waals surface area contributed by atoms with Crippen molar-refractivity contribution in [2.24, 2.45) is 0 Å². The molecule has 1 N–H and O–H groups in total. The van der Waals surface area contributed by atoms with E-state index in [0.717, 1.165) is 30.6 Å². The lowest BCUT2D eigenvalue weighted by molar-refractivity contribution is 0.515. The molecule has 106 valence electrons. The van der Waals surface area contributed by atoms with Gasteiger partial charge in [0.2, 0.25) is 0 Å². The first-order chi connectivity index (χ1) is 9.72. The van der Waals surface area contributed by atoms with Crippen molar-refractivity contribution in [2.45, 2.75) is 32.7 Å². The molecule has 0 aliphatic heterocycles. The summed E-state index contributed by atoms with van der Waals surface area (Å²) in [4.78, 5) is 8.57. The molecule has 2 rings (SSSR count). The second-order valence-electron chi connectivity index (χ2n) is 4.88. The molecule has 0 aliphatic rings. The Morgan fingerprint density at radius 3 is 2.85 bits per heavy atom. The van der Waals surface area contributed by atoms with Crippen LogP contribution in [0, 0.1) is 6.92 Å². The molecule has 0 radical (unpaired) electrons. The van der Waals surface area contributed by atoms with Crippen LogP contribution >= 0.6 is 11.6 Å². The van der Waals surface area contributed by atoms with E-state index in [2.05, 4.69) is 35.2 Å². The second-order valence-corrected chi connectivity index (χ2v) is 5.29. The Kier molecular flexibility index (Phi) is 5.50. The zero-order valence-corrected chi connectivity index (χ0v) is 12.7. The Morgan fingerprint density at radius 1 is 1.30 bits per heavy atom. The van der Waals surface area contributed by atoms with Crippen LogP contribution in [0.25, 0.3) is 0 Å². The van der Waals surface area contributed by atoms with Gasteiger partial charge in [-0.05, 0) is 49.6 Å². The largest absolute Gasteiger partial charge is 0.308 e. The van der Waals surface area contributed by atoms with Gasteiger partial charge in [0.1, 0.15) is 0 Å². The molecule has 0 saturated heterocycles. The lowest BCUT2D eigenvalue weighted by atomic mass is 10.0. The third-order valence-electron chi connectivity index (χ3n) is 3.30. The van der Waals surface area contributed by atoms with Crippen LogP contribution in [0.1, 0.15) is 36.2 Å². The van der Waals surface area contributed by atoms with Gasteiger partial charge in [0.25, 0.3) is 0 Å². The second kappa shape index (κ2) is 7.36. The van der Waals surface area contributed by atoms with Gasteiger partial charge in [0.15, 0.2) is 0 Å². The van der Waals surface area contributed by atoms with Crippen LogP contribution in [0.2, 0.25) is 5.02 Å². The van der Waals surface area contributed by atoms with E-state index < -0.39 is 0 Å². The van der Waals surface area contributed by atoms with Crippen molar-refractivity contribution in [2.75, 3.05) is 6.54 Å². The predicted molar refractivity (Wildman–Crippen MR) is 83.0 cm³/mol. The van der Waals surface area contributed by atoms with Crippen LogP contribution in [0.5, 0.6) is 0 Å². The quantitative estimate of drug-likeness (QED) is 0.881. The molecule has 4 heteroatoms. The minimum Gasteiger partial charge on any atom is -0.308 e. The van der Waals surface area contributed by atoms with Crippen molar-refractivity contribution in [3.8, 4) is 0 Å². The molecule has 0 amide bonds. The Labute approximate surface area is 125 Å². The predicted octanol–water partition coefficient (Wildman–Crippen LogP) is 3.72. The van der Waals surface area contributed by atoms with Gasteiger partial charge in [-0.25, -0.2) is 0 Å². The highest BCUT2D eigenvalue weighted by atomic mass is 35.5. The van der Waals surface area contributed by atoms with Crippen LogP contribution in [-0.2, 0) is 6.42 Å². The molecule has 1 atom stereocenters. The summed E-state index contributed by atoms with van der Waals surface area (Å²) < 4.78 is 0. The smallest absolute Gasteiger partial charge is 0.0622 e. The van der Waals surface area contributed by atoms with Crippen molar-refractivity contribution in [3.63, 3.8) is 0 Å². The fraction of sp³-hybridized carbons (Fsp3) is 0.375. The van der Waals surface area contributed by atoms with Crippen molar-refractivity contribution >= 4 is 11.6 Å². The van der Waals surface area contributed by atoms with E-state index in [1.807, 2.05) is 18.3 Å². The van der Waals surface area contributed by atoms with Crippen LogP contribution in [0.4, 0.5) is 0 Å². The summed E-state index contributed by atoms with van der Waals surface area (Å²) in [6.07, 6.45) is 7.23. The van der Waals surface area contributed by atoms with Crippen molar-refractivity contribution in [3.05, 3.63) is 58.6 Å². The van der Waals surface area contributed by atoms with Gasteiger partial charge in [0, 0.05) is 18.6 Å². The normalized spacial score (nSPS) is 12.3. The fourth-order valence-corrected chi connectivity index (χ4v) is 2.43. The standard InChI is InChI=1S/C16H20ClN3/c1-3-7-19-15(16-12(2)5-4-8-20-16)10-13-6-9-18-11-14(13)17/h4-6,8-9,11,15,19H,3,7,10H2,1-2H3. The first-order valence-electron chi connectivity index (χ1n) is 6.95. The van der Waals surface area contributed by atoms with Gasteiger partial charge in [-0.3, -0.25) is 9.97 Å². The number of aryl methyl sites for hydroxylation is 1. The highest BCUT2D eigenvalue weighted by Crippen LogP contribution is 2.23.